The molecule has 1 N–H and O–H groups in total. The van der Waals surface area contributed by atoms with Crippen molar-refractivity contribution in [2.75, 3.05) is 20.3 Å². The Balaban J connectivity index is 1.96. The van der Waals surface area contributed by atoms with Gasteiger partial charge in [-0.1, -0.05) is 12.1 Å². The summed E-state index contributed by atoms with van der Waals surface area (Å²) >= 11 is 0. The normalized spacial score (nSPS) is 10.8. The minimum atomic E-state index is -0.997. The second-order valence-electron chi connectivity index (χ2n) is 5.98. The number of ether oxygens (including phenoxy) is 3. The standard InChI is InChI=1S/C21H24O5/c1-14-11-15(2)16(3)19(12-14)26-10-9-25-18-7-5-17(6-8-21(22)23)13-20(18)24-4/h5-8,11-13H,9-10H2,1-4H3,(H,22,23)/b8-6-. The Bertz CT molecular complexity index is 808. The summed E-state index contributed by atoms with van der Waals surface area (Å²) in [6, 6.07) is 9.40. The number of carboxylic acids is 1. The van der Waals surface area contributed by atoms with Gasteiger partial charge < -0.3 is 19.3 Å². The lowest BCUT2D eigenvalue weighted by atomic mass is 10.1. The Morgan fingerprint density at radius 2 is 1.69 bits per heavy atom. The third-order valence-electron chi connectivity index (χ3n) is 3.97. The minimum Gasteiger partial charge on any atom is -0.493 e. The zero-order valence-electron chi connectivity index (χ0n) is 15.5. The van der Waals surface area contributed by atoms with Gasteiger partial charge >= 0.3 is 5.97 Å². The van der Waals surface area contributed by atoms with Crippen molar-refractivity contribution in [2.24, 2.45) is 0 Å². The topological polar surface area (TPSA) is 65.0 Å². The van der Waals surface area contributed by atoms with Crippen LogP contribution in [0.25, 0.3) is 6.08 Å². The predicted octanol–water partition coefficient (Wildman–Crippen LogP) is 4.18. The molecule has 0 aromatic heterocycles. The van der Waals surface area contributed by atoms with Gasteiger partial charge in [0.1, 0.15) is 19.0 Å². The molecule has 5 nitrogen and oxygen atoms in total. The highest BCUT2D eigenvalue weighted by atomic mass is 16.5. The first-order valence-corrected chi connectivity index (χ1v) is 8.33. The molecule has 0 amide bonds. The smallest absolute Gasteiger partial charge is 0.328 e. The molecule has 0 bridgehead atoms. The van der Waals surface area contributed by atoms with Crippen molar-refractivity contribution in [2.45, 2.75) is 20.8 Å². The molecule has 26 heavy (non-hydrogen) atoms. The van der Waals surface area contributed by atoms with Gasteiger partial charge in [-0.3, -0.25) is 0 Å². The van der Waals surface area contributed by atoms with E-state index in [4.69, 9.17) is 19.3 Å². The summed E-state index contributed by atoms with van der Waals surface area (Å²) in [5.41, 5.74) is 4.21. The molecule has 0 radical (unpaired) electrons. The van der Waals surface area contributed by atoms with E-state index in [2.05, 4.69) is 13.0 Å². The molecule has 0 saturated carbocycles. The van der Waals surface area contributed by atoms with Crippen LogP contribution in [-0.4, -0.2) is 31.4 Å². The maximum Gasteiger partial charge on any atom is 0.328 e. The van der Waals surface area contributed by atoms with Crippen LogP contribution < -0.4 is 14.2 Å². The highest BCUT2D eigenvalue weighted by Crippen LogP contribution is 2.29. The molecule has 0 unspecified atom stereocenters. The van der Waals surface area contributed by atoms with Gasteiger partial charge in [0, 0.05) is 6.08 Å². The molecule has 2 aromatic carbocycles. The van der Waals surface area contributed by atoms with Crippen molar-refractivity contribution in [3.63, 3.8) is 0 Å². The largest absolute Gasteiger partial charge is 0.493 e. The SMILES string of the molecule is COc1cc(/C=C\C(=O)O)ccc1OCCOc1cc(C)cc(C)c1C. The summed E-state index contributed by atoms with van der Waals surface area (Å²) in [6.07, 6.45) is 2.58. The fraction of sp³-hybridized carbons (Fsp3) is 0.286. The first-order chi connectivity index (χ1) is 12.4. The third kappa shape index (κ3) is 5.28. The molecular formula is C21H24O5. The summed E-state index contributed by atoms with van der Waals surface area (Å²) in [5, 5.41) is 8.69. The van der Waals surface area contributed by atoms with Gasteiger partial charge in [-0.2, -0.15) is 0 Å². The zero-order valence-corrected chi connectivity index (χ0v) is 15.5. The van der Waals surface area contributed by atoms with Crippen molar-refractivity contribution in [1.29, 1.82) is 0 Å². The Kier molecular flexibility index (Phi) is 6.67. The first kappa shape index (κ1) is 19.4. The second-order valence-corrected chi connectivity index (χ2v) is 5.98. The summed E-state index contributed by atoms with van der Waals surface area (Å²) in [4.78, 5) is 10.6. The number of carbonyl (C=O) groups is 1. The minimum absolute atomic E-state index is 0.368. The van der Waals surface area contributed by atoms with E-state index in [-0.39, 0.29) is 0 Å². The summed E-state index contributed by atoms with van der Waals surface area (Å²) in [6.45, 7) is 6.93. The first-order valence-electron chi connectivity index (χ1n) is 8.33. The van der Waals surface area contributed by atoms with Gasteiger partial charge in [0.2, 0.25) is 0 Å². The van der Waals surface area contributed by atoms with Crippen molar-refractivity contribution >= 4 is 12.0 Å². The average molecular weight is 356 g/mol. The molecule has 2 rings (SSSR count). The van der Waals surface area contributed by atoms with Gasteiger partial charge in [-0.25, -0.2) is 4.79 Å². The lowest BCUT2D eigenvalue weighted by molar-refractivity contribution is -0.131. The molecule has 2 aromatic rings. The molecule has 0 aliphatic rings. The summed E-state index contributed by atoms with van der Waals surface area (Å²) in [7, 11) is 1.54. The lowest BCUT2D eigenvalue weighted by Crippen LogP contribution is -2.10. The number of rotatable bonds is 8. The average Bonchev–Trinajstić information content (AvgIpc) is 2.61. The van der Waals surface area contributed by atoms with E-state index < -0.39 is 5.97 Å². The number of hydrogen-bond acceptors (Lipinski definition) is 4. The van der Waals surface area contributed by atoms with Gasteiger partial charge in [0.25, 0.3) is 0 Å². The third-order valence-corrected chi connectivity index (χ3v) is 3.97. The van der Waals surface area contributed by atoms with E-state index in [0.29, 0.717) is 24.7 Å². The van der Waals surface area contributed by atoms with E-state index in [1.807, 2.05) is 19.9 Å². The van der Waals surface area contributed by atoms with E-state index in [0.717, 1.165) is 28.5 Å². The number of benzene rings is 2. The monoisotopic (exact) mass is 356 g/mol. The van der Waals surface area contributed by atoms with Crippen LogP contribution in [0.5, 0.6) is 17.2 Å². The van der Waals surface area contributed by atoms with Crippen LogP contribution >= 0.6 is 0 Å². The Morgan fingerprint density at radius 3 is 2.35 bits per heavy atom. The van der Waals surface area contributed by atoms with Crippen LogP contribution in [0.4, 0.5) is 0 Å². The fourth-order valence-corrected chi connectivity index (χ4v) is 2.53. The van der Waals surface area contributed by atoms with Crippen molar-refractivity contribution in [3.8, 4) is 17.2 Å². The number of methoxy groups -OCH3 is 1. The molecule has 0 aliphatic heterocycles. The van der Waals surface area contributed by atoms with Gasteiger partial charge in [0.15, 0.2) is 11.5 Å². The fourth-order valence-electron chi connectivity index (χ4n) is 2.53. The number of aryl methyl sites for hydroxylation is 2. The van der Waals surface area contributed by atoms with Crippen LogP contribution in [0, 0.1) is 20.8 Å². The van der Waals surface area contributed by atoms with Crippen molar-refractivity contribution in [1.82, 2.24) is 0 Å². The Labute approximate surface area is 153 Å². The van der Waals surface area contributed by atoms with Crippen LogP contribution in [0.1, 0.15) is 22.3 Å². The molecule has 0 saturated heterocycles. The Hall–Kier alpha value is -2.95. The molecule has 0 atom stereocenters. The van der Waals surface area contributed by atoms with Crippen LogP contribution in [0.15, 0.2) is 36.4 Å². The molecule has 0 aliphatic carbocycles. The number of aliphatic carboxylic acids is 1. The highest BCUT2D eigenvalue weighted by Gasteiger charge is 2.07. The summed E-state index contributed by atoms with van der Waals surface area (Å²) in [5.74, 6) is 0.996. The lowest BCUT2D eigenvalue weighted by Gasteiger charge is -2.14. The van der Waals surface area contributed by atoms with E-state index in [1.165, 1.54) is 11.6 Å². The van der Waals surface area contributed by atoms with Gasteiger partial charge in [-0.15, -0.1) is 0 Å². The maximum absolute atomic E-state index is 10.6. The molecular weight excluding hydrogens is 332 g/mol. The molecule has 0 fully saturated rings. The Morgan fingerprint density at radius 1 is 1.00 bits per heavy atom. The molecule has 138 valence electrons. The number of carboxylic acid groups (broad SMARTS) is 1. The van der Waals surface area contributed by atoms with Crippen LogP contribution in [0.2, 0.25) is 0 Å². The van der Waals surface area contributed by atoms with E-state index in [1.54, 1.807) is 25.3 Å². The van der Waals surface area contributed by atoms with Crippen molar-refractivity contribution < 1.29 is 24.1 Å². The van der Waals surface area contributed by atoms with Gasteiger partial charge in [-0.05, 0) is 67.3 Å². The second kappa shape index (κ2) is 8.94. The molecule has 0 spiro atoms. The van der Waals surface area contributed by atoms with E-state index >= 15 is 0 Å². The summed E-state index contributed by atoms with van der Waals surface area (Å²) < 4.78 is 16.9. The van der Waals surface area contributed by atoms with Crippen LogP contribution in [0.3, 0.4) is 0 Å². The molecule has 0 heterocycles. The molecule has 5 heteroatoms. The van der Waals surface area contributed by atoms with Gasteiger partial charge in [0.05, 0.1) is 7.11 Å². The quantitative estimate of drug-likeness (QED) is 0.568. The predicted molar refractivity (Wildman–Crippen MR) is 101 cm³/mol. The number of hydrogen-bond donors (Lipinski definition) is 1. The van der Waals surface area contributed by atoms with Crippen molar-refractivity contribution in [3.05, 3.63) is 58.7 Å². The van der Waals surface area contributed by atoms with Crippen LogP contribution in [-0.2, 0) is 4.79 Å². The van der Waals surface area contributed by atoms with E-state index in [9.17, 15) is 4.79 Å². The highest BCUT2D eigenvalue weighted by molar-refractivity contribution is 5.85. The zero-order chi connectivity index (χ0) is 19.1. The maximum atomic E-state index is 10.6.